The predicted octanol–water partition coefficient (Wildman–Crippen LogP) is 5.10. The largest absolute Gasteiger partial charge is 0.524 e. The lowest BCUT2D eigenvalue weighted by molar-refractivity contribution is 0.116. The van der Waals surface area contributed by atoms with Crippen molar-refractivity contribution in [3.05, 3.63) is 91.0 Å². The smallest absolute Gasteiger partial charge is 0.437 e. The molecule has 5 nitrogen and oxygen atoms in total. The van der Waals surface area contributed by atoms with E-state index in [1.807, 2.05) is 0 Å². The van der Waals surface area contributed by atoms with E-state index in [-0.39, 0.29) is 10.9 Å². The summed E-state index contributed by atoms with van der Waals surface area (Å²) in [5, 5.41) is 0. The van der Waals surface area contributed by atoms with Crippen LogP contribution >= 0.6 is 0 Å². The lowest BCUT2D eigenvalue weighted by atomic mass is 10.4. The van der Waals surface area contributed by atoms with Gasteiger partial charge in [0.2, 0.25) is 0 Å². The Balaban J connectivity index is 0.000000252. The predicted molar refractivity (Wildman–Crippen MR) is 110 cm³/mol. The molecule has 0 saturated carbocycles. The summed E-state index contributed by atoms with van der Waals surface area (Å²) in [5.74, 6) is -3.75. The fraction of sp³-hybridized carbons (Fsp3) is 0.0952. The van der Waals surface area contributed by atoms with Gasteiger partial charge in [-0.2, -0.15) is 17.2 Å². The van der Waals surface area contributed by atoms with Crippen LogP contribution in [0.4, 0.5) is 13.6 Å². The highest BCUT2D eigenvalue weighted by Crippen LogP contribution is 2.30. The van der Waals surface area contributed by atoms with Crippen LogP contribution in [0, 0.1) is 0 Å². The van der Waals surface area contributed by atoms with Crippen molar-refractivity contribution in [2.75, 3.05) is 7.11 Å². The second-order valence-corrected chi connectivity index (χ2v) is 9.07. The Bertz CT molecular complexity index is 921. The van der Waals surface area contributed by atoms with Gasteiger partial charge in [-0.05, 0) is 36.4 Å². The zero-order chi connectivity index (χ0) is 22.0. The van der Waals surface area contributed by atoms with Gasteiger partial charge in [-0.25, -0.2) is 4.79 Å². The third kappa shape index (κ3) is 6.85. The van der Waals surface area contributed by atoms with Gasteiger partial charge in [-0.3, -0.25) is 0 Å². The molecule has 158 valence electrons. The molecule has 0 amide bonds. The van der Waals surface area contributed by atoms with Gasteiger partial charge >= 0.3 is 22.0 Å². The molecule has 0 aromatic heterocycles. The lowest BCUT2D eigenvalue weighted by Crippen LogP contribution is -2.19. The summed E-state index contributed by atoms with van der Waals surface area (Å²) in [6.45, 7) is 0. The highest BCUT2D eigenvalue weighted by molar-refractivity contribution is 7.97. The zero-order valence-electron chi connectivity index (χ0n) is 15.9. The molecule has 0 atom stereocenters. The molecule has 0 aliphatic rings. The molecule has 3 rings (SSSR count). The molecule has 0 fully saturated rings. The monoisotopic (exact) mass is 453 g/mol. The van der Waals surface area contributed by atoms with Crippen molar-refractivity contribution in [3.8, 4) is 0 Å². The van der Waals surface area contributed by atoms with Gasteiger partial charge < -0.3 is 8.92 Å². The summed E-state index contributed by atoms with van der Waals surface area (Å²) < 4.78 is 49.7. The molecular formula is C21H19F2O5S2+. The van der Waals surface area contributed by atoms with E-state index in [4.69, 9.17) is 0 Å². The first-order chi connectivity index (χ1) is 14.3. The van der Waals surface area contributed by atoms with Crippen LogP contribution < -0.4 is 0 Å². The van der Waals surface area contributed by atoms with Crippen molar-refractivity contribution in [1.82, 2.24) is 0 Å². The lowest BCUT2D eigenvalue weighted by Gasteiger charge is -2.07. The molecule has 3 aromatic rings. The van der Waals surface area contributed by atoms with Crippen LogP contribution in [0.2, 0.25) is 0 Å². The highest BCUT2D eigenvalue weighted by atomic mass is 32.2. The van der Waals surface area contributed by atoms with Crippen LogP contribution in [0.25, 0.3) is 0 Å². The van der Waals surface area contributed by atoms with Gasteiger partial charge in [0, 0.05) is 0 Å². The van der Waals surface area contributed by atoms with E-state index in [1.165, 1.54) is 14.7 Å². The first-order valence-corrected chi connectivity index (χ1v) is 11.2. The normalized spacial score (nSPS) is 10.8. The number of hydrogen-bond acceptors (Lipinski definition) is 5. The first kappa shape index (κ1) is 23.4. The van der Waals surface area contributed by atoms with Crippen LogP contribution in [0.1, 0.15) is 0 Å². The Kier molecular flexibility index (Phi) is 8.82. The number of ether oxygens (including phenoxy) is 1. The van der Waals surface area contributed by atoms with Crippen LogP contribution in [0.15, 0.2) is 106 Å². The summed E-state index contributed by atoms with van der Waals surface area (Å²) in [6.07, 6.45) is -1.69. The Morgan fingerprint density at radius 2 is 1.10 bits per heavy atom. The summed E-state index contributed by atoms with van der Waals surface area (Å²) >= 11 is 0. The standard InChI is InChI=1S/C18H15S.C3H4F2O5S/c1-4-10-16(11-5-1)19(17-12-6-2-7-13-17)18-14-8-3-9-15-18;1-9-3(6)10-11(7,8)2(4)5/h1-15H;2H,1H3/q+1;. The topological polar surface area (TPSA) is 69.7 Å². The number of carbonyl (C=O) groups is 1. The van der Waals surface area contributed by atoms with E-state index in [1.54, 1.807) is 0 Å². The zero-order valence-corrected chi connectivity index (χ0v) is 17.5. The summed E-state index contributed by atoms with van der Waals surface area (Å²) in [5.41, 5.74) is 0. The number of benzene rings is 3. The van der Waals surface area contributed by atoms with Crippen molar-refractivity contribution < 1.29 is 30.9 Å². The molecule has 0 N–H and O–H groups in total. The average molecular weight is 454 g/mol. The summed E-state index contributed by atoms with van der Waals surface area (Å²) in [6, 6.07) is 32.2. The number of methoxy groups -OCH3 is 1. The SMILES string of the molecule is COC(=O)OS(=O)(=O)C(F)F.c1ccc([S+](c2ccccc2)c2ccccc2)cc1. The second kappa shape index (κ2) is 11.3. The molecular weight excluding hydrogens is 434 g/mol. The third-order valence-electron chi connectivity index (χ3n) is 3.51. The van der Waals surface area contributed by atoms with Crippen LogP contribution in [0.3, 0.4) is 0 Å². The van der Waals surface area contributed by atoms with Gasteiger partial charge in [-0.1, -0.05) is 54.6 Å². The Morgan fingerprint density at radius 3 is 1.37 bits per heavy atom. The maximum atomic E-state index is 11.4. The fourth-order valence-electron chi connectivity index (χ4n) is 2.24. The maximum absolute atomic E-state index is 11.4. The molecule has 30 heavy (non-hydrogen) atoms. The van der Waals surface area contributed by atoms with Gasteiger partial charge in [0.15, 0.2) is 14.7 Å². The summed E-state index contributed by atoms with van der Waals surface area (Å²) in [4.78, 5) is 14.1. The molecule has 0 unspecified atom stereocenters. The number of rotatable bonds is 5. The number of carbonyl (C=O) groups excluding carboxylic acids is 1. The average Bonchev–Trinajstić information content (AvgIpc) is 2.76. The first-order valence-electron chi connectivity index (χ1n) is 8.54. The van der Waals surface area contributed by atoms with Gasteiger partial charge in [0.1, 0.15) is 0 Å². The number of hydrogen-bond donors (Lipinski definition) is 0. The molecule has 0 aliphatic heterocycles. The molecule has 0 heterocycles. The molecule has 9 heteroatoms. The minimum Gasteiger partial charge on any atom is -0.437 e. The Morgan fingerprint density at radius 1 is 0.767 bits per heavy atom. The Labute approximate surface area is 176 Å². The second-order valence-electron chi connectivity index (χ2n) is 5.54. The van der Waals surface area contributed by atoms with E-state index in [2.05, 4.69) is 99.9 Å². The molecule has 0 aliphatic carbocycles. The van der Waals surface area contributed by atoms with Crippen molar-refractivity contribution in [3.63, 3.8) is 0 Å². The molecule has 0 radical (unpaired) electrons. The van der Waals surface area contributed by atoms with E-state index in [0.717, 1.165) is 7.11 Å². The fourth-order valence-corrected chi connectivity index (χ4v) is 4.68. The van der Waals surface area contributed by atoms with Gasteiger partial charge in [0.05, 0.1) is 18.0 Å². The number of alkyl halides is 2. The van der Waals surface area contributed by atoms with Crippen molar-refractivity contribution in [1.29, 1.82) is 0 Å². The highest BCUT2D eigenvalue weighted by Gasteiger charge is 2.29. The van der Waals surface area contributed by atoms with Crippen LogP contribution in [0.5, 0.6) is 0 Å². The van der Waals surface area contributed by atoms with E-state index < -0.39 is 22.0 Å². The number of halogens is 2. The minimum absolute atomic E-state index is 0.0146. The molecule has 0 bridgehead atoms. The van der Waals surface area contributed by atoms with Crippen molar-refractivity contribution >= 4 is 27.2 Å². The molecule has 0 saturated heterocycles. The van der Waals surface area contributed by atoms with Crippen LogP contribution in [-0.2, 0) is 29.9 Å². The summed E-state index contributed by atoms with van der Waals surface area (Å²) in [7, 11) is -4.34. The van der Waals surface area contributed by atoms with E-state index >= 15 is 0 Å². The molecule has 0 spiro atoms. The van der Waals surface area contributed by atoms with E-state index in [0.29, 0.717) is 0 Å². The Hall–Kier alpha value is -2.91. The van der Waals surface area contributed by atoms with Crippen molar-refractivity contribution in [2.45, 2.75) is 20.4 Å². The van der Waals surface area contributed by atoms with Crippen LogP contribution in [-0.4, -0.2) is 27.4 Å². The quantitative estimate of drug-likeness (QED) is 0.305. The third-order valence-corrected chi connectivity index (χ3v) is 6.54. The van der Waals surface area contributed by atoms with Gasteiger partial charge in [-0.15, -0.1) is 0 Å². The minimum atomic E-state index is -5.12. The maximum Gasteiger partial charge on any atom is 0.524 e. The van der Waals surface area contributed by atoms with E-state index in [9.17, 15) is 22.0 Å². The van der Waals surface area contributed by atoms with Gasteiger partial charge in [0.25, 0.3) is 0 Å². The molecule has 3 aromatic carbocycles. The van der Waals surface area contributed by atoms with Crippen molar-refractivity contribution in [2.24, 2.45) is 0 Å².